The molecule has 0 aromatic heterocycles. The lowest BCUT2D eigenvalue weighted by Gasteiger charge is -2.37. The van der Waals surface area contributed by atoms with Crippen LogP contribution in [0.15, 0.2) is 28.7 Å². The second-order valence-electron chi connectivity index (χ2n) is 5.00. The first-order valence-corrected chi connectivity index (χ1v) is 7.08. The Hall–Kier alpha value is -0.870. The van der Waals surface area contributed by atoms with Gasteiger partial charge in [-0.1, -0.05) is 35.0 Å². The summed E-state index contributed by atoms with van der Waals surface area (Å²) in [7, 11) is 0. The molecule has 1 aliphatic rings. The Kier molecular flexibility index (Phi) is 4.40. The molecule has 2 rings (SSSR count). The van der Waals surface area contributed by atoms with E-state index in [4.69, 9.17) is 0 Å². The maximum atomic E-state index is 11.4. The van der Waals surface area contributed by atoms with E-state index in [1.807, 2.05) is 25.1 Å². The van der Waals surface area contributed by atoms with E-state index in [-0.39, 0.29) is 12.0 Å². The van der Waals surface area contributed by atoms with Crippen molar-refractivity contribution >= 4 is 21.9 Å². The first-order chi connectivity index (χ1) is 8.58. The minimum absolute atomic E-state index is 0.225. The molecule has 1 aromatic carbocycles. The average Bonchev–Trinajstić information content (AvgIpc) is 2.28. The van der Waals surface area contributed by atoms with Gasteiger partial charge >= 0.3 is 5.97 Å². The third-order valence-corrected chi connectivity index (χ3v) is 4.06. The molecule has 0 saturated carbocycles. The molecule has 2 unspecified atom stereocenters. The van der Waals surface area contributed by atoms with Gasteiger partial charge in [0.05, 0.1) is 0 Å². The summed E-state index contributed by atoms with van der Waals surface area (Å²) in [5.41, 5.74) is 1.16. The Morgan fingerprint density at radius 1 is 1.56 bits per heavy atom. The maximum Gasteiger partial charge on any atom is 0.321 e. The number of benzene rings is 1. The van der Waals surface area contributed by atoms with E-state index in [0.717, 1.165) is 29.4 Å². The highest BCUT2D eigenvalue weighted by Crippen LogP contribution is 2.25. The summed E-state index contributed by atoms with van der Waals surface area (Å²) < 4.78 is 1.04. The van der Waals surface area contributed by atoms with Crippen LogP contribution in [0.1, 0.15) is 25.3 Å². The number of hydrogen-bond acceptors (Lipinski definition) is 2. The monoisotopic (exact) mass is 311 g/mol. The molecule has 1 fully saturated rings. The molecule has 0 bridgehead atoms. The van der Waals surface area contributed by atoms with Gasteiger partial charge in [0.15, 0.2) is 0 Å². The first-order valence-electron chi connectivity index (χ1n) is 6.29. The fraction of sp³-hybridized carbons (Fsp3) is 0.500. The normalized spacial score (nSPS) is 25.0. The molecule has 2 atom stereocenters. The molecule has 1 aliphatic heterocycles. The molecule has 1 heterocycles. The summed E-state index contributed by atoms with van der Waals surface area (Å²) in [6, 6.07) is 7.72. The third-order valence-electron chi connectivity index (χ3n) is 3.56. The molecule has 0 amide bonds. The van der Waals surface area contributed by atoms with Crippen molar-refractivity contribution in [3.05, 3.63) is 34.3 Å². The van der Waals surface area contributed by atoms with Gasteiger partial charge in [-0.25, -0.2) is 0 Å². The van der Waals surface area contributed by atoms with Gasteiger partial charge in [-0.3, -0.25) is 9.69 Å². The van der Waals surface area contributed by atoms with Crippen molar-refractivity contribution in [2.24, 2.45) is 5.92 Å². The highest BCUT2D eigenvalue weighted by molar-refractivity contribution is 9.10. The average molecular weight is 312 g/mol. The van der Waals surface area contributed by atoms with E-state index in [2.05, 4.69) is 26.9 Å². The Bertz CT molecular complexity index is 436. The number of likely N-dealkylation sites (tertiary alicyclic amines) is 1. The fourth-order valence-corrected chi connectivity index (χ4v) is 3.17. The van der Waals surface area contributed by atoms with Crippen molar-refractivity contribution in [3.8, 4) is 0 Å². The second kappa shape index (κ2) is 5.85. The molecule has 18 heavy (non-hydrogen) atoms. The zero-order chi connectivity index (χ0) is 13.1. The van der Waals surface area contributed by atoms with Gasteiger partial charge in [0.1, 0.15) is 6.04 Å². The fourth-order valence-electron chi connectivity index (χ4n) is 2.72. The SMILES string of the molecule is CC1CCCN(Cc2cccc(Br)c2)C1C(=O)O. The summed E-state index contributed by atoms with van der Waals surface area (Å²) in [5.74, 6) is -0.472. The van der Waals surface area contributed by atoms with Crippen LogP contribution in [0.25, 0.3) is 0 Å². The van der Waals surface area contributed by atoms with E-state index < -0.39 is 5.97 Å². The number of carbonyl (C=O) groups is 1. The highest BCUT2D eigenvalue weighted by atomic mass is 79.9. The number of aliphatic carboxylic acids is 1. The molecule has 0 radical (unpaired) electrons. The van der Waals surface area contributed by atoms with Crippen molar-refractivity contribution in [1.82, 2.24) is 4.90 Å². The summed E-state index contributed by atoms with van der Waals surface area (Å²) >= 11 is 3.45. The van der Waals surface area contributed by atoms with Crippen LogP contribution in [-0.2, 0) is 11.3 Å². The smallest absolute Gasteiger partial charge is 0.321 e. The zero-order valence-electron chi connectivity index (χ0n) is 10.5. The molecular weight excluding hydrogens is 294 g/mol. The van der Waals surface area contributed by atoms with Crippen molar-refractivity contribution in [1.29, 1.82) is 0 Å². The van der Waals surface area contributed by atoms with Crippen LogP contribution in [-0.4, -0.2) is 28.6 Å². The predicted octanol–water partition coefficient (Wildman–Crippen LogP) is 3.13. The van der Waals surface area contributed by atoms with Crippen LogP contribution in [0.3, 0.4) is 0 Å². The first kappa shape index (κ1) is 13.6. The van der Waals surface area contributed by atoms with Crippen LogP contribution in [0.2, 0.25) is 0 Å². The van der Waals surface area contributed by atoms with Gasteiger partial charge in [0, 0.05) is 11.0 Å². The molecule has 0 spiro atoms. The molecular formula is C14H18BrNO2. The Morgan fingerprint density at radius 2 is 2.33 bits per heavy atom. The number of hydrogen-bond donors (Lipinski definition) is 1. The zero-order valence-corrected chi connectivity index (χ0v) is 12.1. The summed E-state index contributed by atoms with van der Waals surface area (Å²) in [6.07, 6.45) is 2.09. The van der Waals surface area contributed by atoms with Crippen molar-refractivity contribution in [3.63, 3.8) is 0 Å². The van der Waals surface area contributed by atoms with Crippen molar-refractivity contribution in [2.75, 3.05) is 6.54 Å². The Labute approximate surface area is 116 Å². The van der Waals surface area contributed by atoms with E-state index in [1.165, 1.54) is 0 Å². The van der Waals surface area contributed by atoms with E-state index in [9.17, 15) is 9.90 Å². The van der Waals surface area contributed by atoms with Gasteiger partial charge < -0.3 is 5.11 Å². The number of carboxylic acid groups (broad SMARTS) is 1. The topological polar surface area (TPSA) is 40.5 Å². The molecule has 4 heteroatoms. The van der Waals surface area contributed by atoms with Crippen LogP contribution in [0.4, 0.5) is 0 Å². The number of nitrogens with zero attached hydrogens (tertiary/aromatic N) is 1. The molecule has 1 N–H and O–H groups in total. The van der Waals surface area contributed by atoms with Gasteiger partial charge in [0.25, 0.3) is 0 Å². The molecule has 0 aliphatic carbocycles. The number of piperidine rings is 1. The van der Waals surface area contributed by atoms with Crippen LogP contribution >= 0.6 is 15.9 Å². The lowest BCUT2D eigenvalue weighted by Crippen LogP contribution is -2.48. The van der Waals surface area contributed by atoms with Gasteiger partial charge in [-0.05, 0) is 43.0 Å². The van der Waals surface area contributed by atoms with E-state index in [1.54, 1.807) is 0 Å². The van der Waals surface area contributed by atoms with Crippen LogP contribution in [0.5, 0.6) is 0 Å². The quantitative estimate of drug-likeness (QED) is 0.932. The number of halogens is 1. The lowest BCUT2D eigenvalue weighted by molar-refractivity contribution is -0.147. The van der Waals surface area contributed by atoms with Crippen LogP contribution in [0, 0.1) is 5.92 Å². The Balaban J connectivity index is 2.13. The minimum atomic E-state index is -0.697. The van der Waals surface area contributed by atoms with Gasteiger partial charge in [-0.2, -0.15) is 0 Å². The predicted molar refractivity (Wildman–Crippen MR) is 74.4 cm³/mol. The van der Waals surface area contributed by atoms with Crippen molar-refractivity contribution < 1.29 is 9.90 Å². The summed E-state index contributed by atoms with van der Waals surface area (Å²) in [5, 5.41) is 9.36. The summed E-state index contributed by atoms with van der Waals surface area (Å²) in [6.45, 7) is 3.61. The van der Waals surface area contributed by atoms with E-state index in [0.29, 0.717) is 6.54 Å². The lowest BCUT2D eigenvalue weighted by atomic mass is 9.90. The Morgan fingerprint density at radius 3 is 3.00 bits per heavy atom. The highest BCUT2D eigenvalue weighted by Gasteiger charge is 2.33. The minimum Gasteiger partial charge on any atom is -0.480 e. The third kappa shape index (κ3) is 3.12. The molecule has 1 saturated heterocycles. The van der Waals surface area contributed by atoms with E-state index >= 15 is 0 Å². The molecule has 1 aromatic rings. The molecule has 3 nitrogen and oxygen atoms in total. The van der Waals surface area contributed by atoms with Gasteiger partial charge in [0.2, 0.25) is 0 Å². The maximum absolute atomic E-state index is 11.4. The summed E-state index contributed by atoms with van der Waals surface area (Å²) in [4.78, 5) is 13.5. The van der Waals surface area contributed by atoms with Crippen LogP contribution < -0.4 is 0 Å². The second-order valence-corrected chi connectivity index (χ2v) is 5.92. The van der Waals surface area contributed by atoms with Gasteiger partial charge in [-0.15, -0.1) is 0 Å². The largest absolute Gasteiger partial charge is 0.480 e. The number of rotatable bonds is 3. The standard InChI is InChI=1S/C14H18BrNO2/c1-10-4-3-7-16(13(10)14(17)18)9-11-5-2-6-12(15)8-11/h2,5-6,8,10,13H,3-4,7,9H2,1H3,(H,17,18). The van der Waals surface area contributed by atoms with Crippen molar-refractivity contribution in [2.45, 2.75) is 32.4 Å². The molecule has 98 valence electrons. The number of carboxylic acids is 1.